The Labute approximate surface area is 138 Å². The minimum atomic E-state index is -0.531. The van der Waals surface area contributed by atoms with E-state index in [1.165, 1.54) is 23.5 Å². The quantitative estimate of drug-likeness (QED) is 0.630. The molecule has 0 unspecified atom stereocenters. The number of anilines is 1. The summed E-state index contributed by atoms with van der Waals surface area (Å²) in [6, 6.07) is 5.95. The summed E-state index contributed by atoms with van der Waals surface area (Å²) in [4.78, 5) is 0. The normalized spacial score (nSPS) is 11.0. The zero-order valence-electron chi connectivity index (χ0n) is 10.2. The van der Waals surface area contributed by atoms with Gasteiger partial charge < -0.3 is 10.3 Å². The van der Waals surface area contributed by atoms with Crippen LogP contribution in [0, 0.1) is 5.82 Å². The van der Waals surface area contributed by atoms with Gasteiger partial charge in [-0.3, -0.25) is 0 Å². The summed E-state index contributed by atoms with van der Waals surface area (Å²) in [7, 11) is 0. The van der Waals surface area contributed by atoms with Crippen LogP contribution in [-0.4, -0.2) is 5.16 Å². The van der Waals surface area contributed by atoms with Crippen molar-refractivity contribution in [3.63, 3.8) is 0 Å². The van der Waals surface area contributed by atoms with Crippen LogP contribution in [0.1, 0.15) is 0 Å². The lowest BCUT2D eigenvalue weighted by atomic mass is 10.0. The number of nitrogens with two attached hydrogens (primary N) is 1. The molecule has 0 atom stereocenters. The summed E-state index contributed by atoms with van der Waals surface area (Å²) in [6.07, 6.45) is 0. The highest BCUT2D eigenvalue weighted by Gasteiger charge is 2.25. The molecule has 3 aromatic rings. The molecule has 0 saturated heterocycles. The number of rotatable bonds is 2. The molecule has 0 spiro atoms. The van der Waals surface area contributed by atoms with Crippen LogP contribution < -0.4 is 5.73 Å². The second-order valence-electron chi connectivity index (χ2n) is 4.10. The summed E-state index contributed by atoms with van der Waals surface area (Å²) in [5.41, 5.74) is 6.97. The van der Waals surface area contributed by atoms with Gasteiger partial charge in [-0.2, -0.15) is 0 Å². The maximum Gasteiger partial charge on any atom is 0.230 e. The number of aromatic nitrogens is 1. The topological polar surface area (TPSA) is 52.0 Å². The van der Waals surface area contributed by atoms with E-state index in [9.17, 15) is 4.39 Å². The van der Waals surface area contributed by atoms with Gasteiger partial charge in [-0.15, -0.1) is 11.3 Å². The summed E-state index contributed by atoms with van der Waals surface area (Å²) in [5.74, 6) is -0.577. The van der Waals surface area contributed by atoms with Crippen LogP contribution in [0.25, 0.3) is 22.4 Å². The van der Waals surface area contributed by atoms with E-state index in [4.69, 9.17) is 45.1 Å². The third kappa shape index (κ3) is 2.51. The van der Waals surface area contributed by atoms with Crippen molar-refractivity contribution in [3.8, 4) is 22.4 Å². The van der Waals surface area contributed by atoms with E-state index in [1.807, 2.05) is 0 Å². The van der Waals surface area contributed by atoms with Gasteiger partial charge in [0, 0.05) is 11.1 Å². The number of hydrogen-bond acceptors (Lipinski definition) is 4. The van der Waals surface area contributed by atoms with Gasteiger partial charge in [-0.05, 0) is 18.2 Å². The molecule has 108 valence electrons. The molecule has 0 aliphatic rings. The average molecular weight is 364 g/mol. The smallest absolute Gasteiger partial charge is 0.230 e. The number of hydrogen-bond donors (Lipinski definition) is 1. The SMILES string of the molecule is Nc1onc(-c2cc(Cl)sc2Cl)c1-c1c(F)cccc1Cl. The van der Waals surface area contributed by atoms with E-state index in [1.54, 1.807) is 12.1 Å². The van der Waals surface area contributed by atoms with E-state index < -0.39 is 5.82 Å². The molecule has 3 nitrogen and oxygen atoms in total. The first-order valence-corrected chi connectivity index (χ1v) is 7.58. The Kier molecular flexibility index (Phi) is 3.84. The molecule has 0 fully saturated rings. The standard InChI is InChI=1S/C13H6Cl3FN2OS/c14-6-2-1-3-7(17)9(6)10-11(19-20-13(10)18)5-4-8(15)21-12(5)16/h1-4H,18H2. The highest BCUT2D eigenvalue weighted by molar-refractivity contribution is 7.20. The van der Waals surface area contributed by atoms with Crippen molar-refractivity contribution in [2.75, 3.05) is 5.73 Å². The maximum absolute atomic E-state index is 14.1. The van der Waals surface area contributed by atoms with E-state index in [2.05, 4.69) is 5.16 Å². The monoisotopic (exact) mass is 362 g/mol. The molecule has 2 heterocycles. The molecule has 2 N–H and O–H groups in total. The van der Waals surface area contributed by atoms with Gasteiger partial charge in [0.25, 0.3) is 0 Å². The van der Waals surface area contributed by atoms with E-state index in [-0.39, 0.29) is 22.0 Å². The van der Waals surface area contributed by atoms with Crippen LogP contribution in [0.15, 0.2) is 28.8 Å². The Hall–Kier alpha value is -1.27. The molecule has 0 saturated carbocycles. The lowest BCUT2D eigenvalue weighted by molar-refractivity contribution is 0.439. The Bertz CT molecular complexity index is 811. The summed E-state index contributed by atoms with van der Waals surface area (Å²) < 4.78 is 20.0. The fraction of sp³-hybridized carbons (Fsp3) is 0. The highest BCUT2D eigenvalue weighted by Crippen LogP contribution is 2.45. The molecule has 1 aromatic carbocycles. The van der Waals surface area contributed by atoms with Crippen molar-refractivity contribution in [2.45, 2.75) is 0 Å². The van der Waals surface area contributed by atoms with Gasteiger partial charge in [-0.1, -0.05) is 46.0 Å². The van der Waals surface area contributed by atoms with Crippen LogP contribution in [0.4, 0.5) is 10.3 Å². The molecule has 2 aromatic heterocycles. The number of nitrogen functional groups attached to an aromatic ring is 1. The molecule has 0 amide bonds. The summed E-state index contributed by atoms with van der Waals surface area (Å²) in [6.45, 7) is 0. The third-order valence-corrected chi connectivity index (χ3v) is 4.65. The molecule has 21 heavy (non-hydrogen) atoms. The number of halogens is 4. The number of nitrogens with zero attached hydrogens (tertiary/aromatic N) is 1. The number of benzene rings is 1. The maximum atomic E-state index is 14.1. The van der Waals surface area contributed by atoms with E-state index in [0.29, 0.717) is 19.9 Å². The zero-order chi connectivity index (χ0) is 15.1. The average Bonchev–Trinajstić information content (AvgIpc) is 2.93. The second-order valence-corrected chi connectivity index (χ2v) is 6.80. The molecule has 0 aliphatic heterocycles. The molecule has 0 aliphatic carbocycles. The van der Waals surface area contributed by atoms with Crippen LogP contribution in [0.3, 0.4) is 0 Å². The van der Waals surface area contributed by atoms with Crippen molar-refractivity contribution < 1.29 is 8.91 Å². The third-order valence-electron chi connectivity index (χ3n) is 2.84. The minimum Gasteiger partial charge on any atom is -0.367 e. The van der Waals surface area contributed by atoms with Gasteiger partial charge in [0.15, 0.2) is 0 Å². The first-order valence-electron chi connectivity index (χ1n) is 5.63. The largest absolute Gasteiger partial charge is 0.367 e. The Morgan fingerprint density at radius 3 is 2.57 bits per heavy atom. The number of thiophene rings is 1. The van der Waals surface area contributed by atoms with E-state index in [0.717, 1.165) is 0 Å². The predicted molar refractivity (Wildman–Crippen MR) is 84.7 cm³/mol. The molecule has 0 radical (unpaired) electrons. The van der Waals surface area contributed by atoms with Crippen molar-refractivity contribution >= 4 is 52.0 Å². The highest BCUT2D eigenvalue weighted by atomic mass is 35.5. The molecular formula is C13H6Cl3FN2OS. The predicted octanol–water partition coefficient (Wildman–Crippen LogP) is 5.75. The Morgan fingerprint density at radius 2 is 1.95 bits per heavy atom. The first kappa shape index (κ1) is 14.7. The van der Waals surface area contributed by atoms with Gasteiger partial charge >= 0.3 is 0 Å². The van der Waals surface area contributed by atoms with Gasteiger partial charge in [-0.25, -0.2) is 4.39 Å². The second kappa shape index (κ2) is 5.50. The van der Waals surface area contributed by atoms with Crippen molar-refractivity contribution in [1.82, 2.24) is 5.16 Å². The Balaban J connectivity index is 2.30. The fourth-order valence-electron chi connectivity index (χ4n) is 1.97. The van der Waals surface area contributed by atoms with Gasteiger partial charge in [0.05, 0.1) is 14.9 Å². The van der Waals surface area contributed by atoms with Crippen molar-refractivity contribution in [1.29, 1.82) is 0 Å². The zero-order valence-corrected chi connectivity index (χ0v) is 13.2. The lowest BCUT2D eigenvalue weighted by Gasteiger charge is -2.06. The van der Waals surface area contributed by atoms with Crippen LogP contribution in [0.5, 0.6) is 0 Å². The fourth-order valence-corrected chi connectivity index (χ4v) is 3.69. The lowest BCUT2D eigenvalue weighted by Crippen LogP contribution is -1.91. The van der Waals surface area contributed by atoms with Crippen LogP contribution in [-0.2, 0) is 0 Å². The minimum absolute atomic E-state index is 0.0459. The molecule has 8 heteroatoms. The summed E-state index contributed by atoms with van der Waals surface area (Å²) >= 11 is 19.3. The van der Waals surface area contributed by atoms with Crippen molar-refractivity contribution in [3.05, 3.63) is 43.8 Å². The molecule has 0 bridgehead atoms. The molecule has 3 rings (SSSR count). The molecular weight excluding hydrogens is 358 g/mol. The summed E-state index contributed by atoms with van der Waals surface area (Å²) in [5, 5.41) is 4.05. The van der Waals surface area contributed by atoms with Crippen LogP contribution >= 0.6 is 46.1 Å². The van der Waals surface area contributed by atoms with E-state index >= 15 is 0 Å². The van der Waals surface area contributed by atoms with Gasteiger partial charge in [0.1, 0.15) is 15.8 Å². The van der Waals surface area contributed by atoms with Crippen LogP contribution in [0.2, 0.25) is 13.7 Å². The van der Waals surface area contributed by atoms with Crippen molar-refractivity contribution in [2.24, 2.45) is 0 Å². The van der Waals surface area contributed by atoms with Gasteiger partial charge in [0.2, 0.25) is 5.88 Å². The Morgan fingerprint density at radius 1 is 1.19 bits per heavy atom. The first-order chi connectivity index (χ1) is 9.99.